The first kappa shape index (κ1) is 9.36. The second kappa shape index (κ2) is 3.18. The van der Waals surface area contributed by atoms with Gasteiger partial charge in [-0.15, -0.1) is 11.3 Å². The van der Waals surface area contributed by atoms with Gasteiger partial charge in [0, 0.05) is 0 Å². The number of nitrogens with zero attached hydrogens (tertiary/aromatic N) is 3. The predicted molar refractivity (Wildman–Crippen MR) is 53.5 cm³/mol. The minimum absolute atomic E-state index is 0.0113. The van der Waals surface area contributed by atoms with Crippen molar-refractivity contribution in [3.05, 3.63) is 16.6 Å². The highest BCUT2D eigenvalue weighted by molar-refractivity contribution is 7.20. The van der Waals surface area contributed by atoms with Gasteiger partial charge in [-0.1, -0.05) is 0 Å². The standard InChI is InChI=1S/C8H4N4O2S/c9-2-4-6(10)12-7-3(11-4)1-5(15-7)8(13)14/h1H,(H2,10,12)(H,13,14). The first-order valence-corrected chi connectivity index (χ1v) is 4.64. The van der Waals surface area contributed by atoms with Crippen molar-refractivity contribution >= 4 is 33.5 Å². The summed E-state index contributed by atoms with van der Waals surface area (Å²) in [6.45, 7) is 0. The van der Waals surface area contributed by atoms with Gasteiger partial charge in [0.1, 0.15) is 21.3 Å². The van der Waals surface area contributed by atoms with Crippen LogP contribution in [0, 0.1) is 11.3 Å². The number of nitriles is 1. The minimum atomic E-state index is -1.04. The molecule has 2 aromatic rings. The van der Waals surface area contributed by atoms with E-state index in [2.05, 4.69) is 9.97 Å². The topological polar surface area (TPSA) is 113 Å². The molecular formula is C8H4N4O2S. The molecule has 0 aliphatic carbocycles. The third kappa shape index (κ3) is 1.47. The monoisotopic (exact) mass is 220 g/mol. The summed E-state index contributed by atoms with van der Waals surface area (Å²) >= 11 is 0.976. The van der Waals surface area contributed by atoms with Gasteiger partial charge < -0.3 is 10.8 Å². The molecule has 0 amide bonds. The first-order chi connectivity index (χ1) is 7.11. The SMILES string of the molecule is N#Cc1nc2cc(C(=O)O)sc2nc1N. The van der Waals surface area contributed by atoms with Crippen LogP contribution in [-0.4, -0.2) is 21.0 Å². The molecule has 0 aromatic carbocycles. The van der Waals surface area contributed by atoms with Gasteiger partial charge in [-0.3, -0.25) is 0 Å². The Hall–Kier alpha value is -2.20. The van der Waals surface area contributed by atoms with E-state index < -0.39 is 5.97 Å². The van der Waals surface area contributed by atoms with E-state index in [4.69, 9.17) is 16.1 Å². The maximum absolute atomic E-state index is 10.7. The van der Waals surface area contributed by atoms with Gasteiger partial charge in [-0.2, -0.15) is 5.26 Å². The Labute approximate surface area is 87.6 Å². The van der Waals surface area contributed by atoms with Crippen LogP contribution in [0.4, 0.5) is 5.82 Å². The van der Waals surface area contributed by atoms with E-state index in [1.807, 2.05) is 0 Å². The number of carbonyl (C=O) groups is 1. The second-order valence-electron chi connectivity index (χ2n) is 2.68. The van der Waals surface area contributed by atoms with Crippen molar-refractivity contribution < 1.29 is 9.90 Å². The van der Waals surface area contributed by atoms with Gasteiger partial charge >= 0.3 is 5.97 Å². The summed E-state index contributed by atoms with van der Waals surface area (Å²) in [5.41, 5.74) is 5.83. The molecule has 74 valence electrons. The number of fused-ring (bicyclic) bond motifs is 1. The van der Waals surface area contributed by atoms with Crippen LogP contribution in [0.1, 0.15) is 15.4 Å². The van der Waals surface area contributed by atoms with Crippen LogP contribution >= 0.6 is 11.3 Å². The van der Waals surface area contributed by atoms with Gasteiger partial charge in [-0.25, -0.2) is 14.8 Å². The summed E-state index contributed by atoms with van der Waals surface area (Å²) in [7, 11) is 0. The average Bonchev–Trinajstić information content (AvgIpc) is 2.59. The average molecular weight is 220 g/mol. The molecule has 15 heavy (non-hydrogen) atoms. The molecule has 2 rings (SSSR count). The molecule has 0 aliphatic heterocycles. The summed E-state index contributed by atoms with van der Waals surface area (Å²) in [6.07, 6.45) is 0. The quantitative estimate of drug-likeness (QED) is 0.736. The Kier molecular flexibility index (Phi) is 1.98. The highest BCUT2D eigenvalue weighted by atomic mass is 32.1. The molecule has 0 saturated heterocycles. The van der Waals surface area contributed by atoms with Crippen LogP contribution < -0.4 is 5.73 Å². The summed E-state index contributed by atoms with van der Waals surface area (Å²) in [4.78, 5) is 19.0. The lowest BCUT2D eigenvalue weighted by atomic mass is 10.4. The number of hydrogen-bond donors (Lipinski definition) is 2. The summed E-state index contributed by atoms with van der Waals surface area (Å²) in [6, 6.07) is 3.16. The lowest BCUT2D eigenvalue weighted by molar-refractivity contribution is 0.0702. The fraction of sp³-hybridized carbons (Fsp3) is 0. The van der Waals surface area contributed by atoms with E-state index in [0.29, 0.717) is 10.3 Å². The zero-order chi connectivity index (χ0) is 11.0. The van der Waals surface area contributed by atoms with Crippen LogP contribution in [0.2, 0.25) is 0 Å². The molecule has 0 spiro atoms. The van der Waals surface area contributed by atoms with Crippen molar-refractivity contribution in [1.29, 1.82) is 5.26 Å². The number of nitrogens with two attached hydrogens (primary N) is 1. The molecule has 0 unspecified atom stereocenters. The smallest absolute Gasteiger partial charge is 0.346 e. The Morgan fingerprint density at radius 3 is 2.93 bits per heavy atom. The largest absolute Gasteiger partial charge is 0.477 e. The number of nitrogen functional groups attached to an aromatic ring is 1. The minimum Gasteiger partial charge on any atom is -0.477 e. The lowest BCUT2D eigenvalue weighted by Gasteiger charge is -1.93. The lowest BCUT2D eigenvalue weighted by Crippen LogP contribution is -1.96. The van der Waals surface area contributed by atoms with Crippen LogP contribution in [-0.2, 0) is 0 Å². The molecule has 0 saturated carbocycles. The van der Waals surface area contributed by atoms with Crippen LogP contribution in [0.15, 0.2) is 6.07 Å². The molecule has 0 fully saturated rings. The molecule has 0 atom stereocenters. The number of aromatic carboxylic acids is 1. The first-order valence-electron chi connectivity index (χ1n) is 3.82. The molecule has 2 aromatic heterocycles. The highest BCUT2D eigenvalue weighted by Gasteiger charge is 2.12. The van der Waals surface area contributed by atoms with Gasteiger partial charge in [0.2, 0.25) is 0 Å². The van der Waals surface area contributed by atoms with Crippen molar-refractivity contribution in [2.24, 2.45) is 0 Å². The third-order valence-corrected chi connectivity index (χ3v) is 2.71. The number of carboxylic acids is 1. The van der Waals surface area contributed by atoms with Crippen molar-refractivity contribution in [2.75, 3.05) is 5.73 Å². The Balaban J connectivity index is 2.73. The summed E-state index contributed by atoms with van der Waals surface area (Å²) in [5, 5.41) is 17.4. The number of rotatable bonds is 1. The van der Waals surface area contributed by atoms with Crippen molar-refractivity contribution in [3.63, 3.8) is 0 Å². The van der Waals surface area contributed by atoms with Crippen molar-refractivity contribution in [3.8, 4) is 6.07 Å². The maximum Gasteiger partial charge on any atom is 0.346 e. The number of hydrogen-bond acceptors (Lipinski definition) is 6. The molecule has 6 nitrogen and oxygen atoms in total. The molecule has 0 aliphatic rings. The van der Waals surface area contributed by atoms with Crippen molar-refractivity contribution in [1.82, 2.24) is 9.97 Å². The van der Waals surface area contributed by atoms with E-state index in [1.54, 1.807) is 6.07 Å². The highest BCUT2D eigenvalue weighted by Crippen LogP contribution is 2.24. The number of carboxylic acid groups (broad SMARTS) is 1. The second-order valence-corrected chi connectivity index (χ2v) is 3.71. The zero-order valence-corrected chi connectivity index (χ0v) is 8.08. The van der Waals surface area contributed by atoms with Crippen molar-refractivity contribution in [2.45, 2.75) is 0 Å². The number of anilines is 1. The summed E-state index contributed by atoms with van der Waals surface area (Å²) in [5.74, 6) is -1.03. The fourth-order valence-corrected chi connectivity index (χ4v) is 1.88. The van der Waals surface area contributed by atoms with Gasteiger partial charge in [0.25, 0.3) is 0 Å². The Morgan fingerprint density at radius 2 is 2.33 bits per heavy atom. The van der Waals surface area contributed by atoms with Crippen LogP contribution in [0.25, 0.3) is 10.3 Å². The van der Waals surface area contributed by atoms with E-state index in [0.717, 1.165) is 11.3 Å². The molecule has 0 bridgehead atoms. The van der Waals surface area contributed by atoms with Crippen LogP contribution in [0.3, 0.4) is 0 Å². The molecule has 7 heteroatoms. The maximum atomic E-state index is 10.7. The normalized spacial score (nSPS) is 10.1. The predicted octanol–water partition coefficient (Wildman–Crippen LogP) is 0.843. The summed E-state index contributed by atoms with van der Waals surface area (Å²) < 4.78 is 0. The van der Waals surface area contributed by atoms with Gasteiger partial charge in [0.15, 0.2) is 11.5 Å². The third-order valence-electron chi connectivity index (χ3n) is 1.71. The Bertz CT molecular complexity index is 598. The van der Waals surface area contributed by atoms with E-state index >= 15 is 0 Å². The fourth-order valence-electron chi connectivity index (χ4n) is 1.06. The molecule has 0 radical (unpaired) electrons. The Morgan fingerprint density at radius 1 is 1.60 bits per heavy atom. The van der Waals surface area contributed by atoms with E-state index in [1.165, 1.54) is 6.07 Å². The number of aromatic nitrogens is 2. The van der Waals surface area contributed by atoms with E-state index in [9.17, 15) is 4.79 Å². The molecule has 3 N–H and O–H groups in total. The van der Waals surface area contributed by atoms with Crippen LogP contribution in [0.5, 0.6) is 0 Å². The molecule has 2 heterocycles. The molecular weight excluding hydrogens is 216 g/mol. The van der Waals surface area contributed by atoms with E-state index in [-0.39, 0.29) is 16.4 Å². The van der Waals surface area contributed by atoms with Gasteiger partial charge in [-0.05, 0) is 6.07 Å². The number of thiophene rings is 1. The van der Waals surface area contributed by atoms with Gasteiger partial charge in [0.05, 0.1) is 0 Å². The zero-order valence-electron chi connectivity index (χ0n) is 7.26.